The number of hydrogen-bond acceptors (Lipinski definition) is 4. The molecule has 1 atom stereocenters. The minimum atomic E-state index is -0.433. The zero-order valence-corrected chi connectivity index (χ0v) is 16.1. The molecule has 0 saturated carbocycles. The Morgan fingerprint density at radius 2 is 2.00 bits per heavy atom. The van der Waals surface area contributed by atoms with Gasteiger partial charge < -0.3 is 10.2 Å². The molecule has 1 aromatic heterocycles. The minimum absolute atomic E-state index is 0.126. The van der Waals surface area contributed by atoms with Crippen LogP contribution in [0, 0.1) is 20.8 Å². The highest BCUT2D eigenvalue weighted by molar-refractivity contribution is 7.13. The summed E-state index contributed by atoms with van der Waals surface area (Å²) in [7, 11) is 0. The predicted molar refractivity (Wildman–Crippen MR) is 105 cm³/mol. The van der Waals surface area contributed by atoms with E-state index < -0.39 is 6.04 Å². The van der Waals surface area contributed by atoms with E-state index in [4.69, 9.17) is 0 Å². The second kappa shape index (κ2) is 7.83. The molecule has 0 bridgehead atoms. The molecule has 0 spiro atoms. The summed E-state index contributed by atoms with van der Waals surface area (Å²) in [5.41, 5.74) is 4.61. The summed E-state index contributed by atoms with van der Waals surface area (Å²) in [5.74, 6) is -0.291. The van der Waals surface area contributed by atoms with Gasteiger partial charge in [-0.25, -0.2) is 4.98 Å². The van der Waals surface area contributed by atoms with Crippen LogP contribution in [0.1, 0.15) is 35.1 Å². The molecule has 26 heavy (non-hydrogen) atoms. The van der Waals surface area contributed by atoms with Crippen molar-refractivity contribution in [3.8, 4) is 0 Å². The highest BCUT2D eigenvalue weighted by Crippen LogP contribution is 2.21. The van der Waals surface area contributed by atoms with Gasteiger partial charge in [0.05, 0.1) is 0 Å². The van der Waals surface area contributed by atoms with Gasteiger partial charge in [-0.1, -0.05) is 12.1 Å². The van der Waals surface area contributed by atoms with Gasteiger partial charge in [0.1, 0.15) is 6.04 Å². The number of amides is 2. The first-order valence-electron chi connectivity index (χ1n) is 8.72. The fourth-order valence-electron chi connectivity index (χ4n) is 3.20. The molecule has 5 nitrogen and oxygen atoms in total. The zero-order valence-electron chi connectivity index (χ0n) is 15.3. The number of benzene rings is 1. The van der Waals surface area contributed by atoms with E-state index in [0.717, 1.165) is 17.5 Å². The number of nitrogens with zero attached hydrogens (tertiary/aromatic N) is 2. The number of aryl methyl sites for hydroxylation is 3. The van der Waals surface area contributed by atoms with Crippen LogP contribution in [0.25, 0.3) is 6.08 Å². The summed E-state index contributed by atoms with van der Waals surface area (Å²) in [6, 6.07) is 3.78. The summed E-state index contributed by atoms with van der Waals surface area (Å²) < 4.78 is 0. The van der Waals surface area contributed by atoms with Crippen molar-refractivity contribution >= 4 is 34.4 Å². The maximum Gasteiger partial charge on any atom is 0.248 e. The second-order valence-electron chi connectivity index (χ2n) is 6.64. The molecule has 2 aromatic rings. The number of thiazole rings is 1. The van der Waals surface area contributed by atoms with E-state index in [1.54, 1.807) is 17.2 Å². The van der Waals surface area contributed by atoms with Crippen molar-refractivity contribution in [2.45, 2.75) is 39.7 Å². The number of hydrogen-bond donors (Lipinski definition) is 1. The van der Waals surface area contributed by atoms with E-state index in [2.05, 4.69) is 36.3 Å². The van der Waals surface area contributed by atoms with Crippen LogP contribution in [0.15, 0.2) is 29.8 Å². The Balaban J connectivity index is 1.70. The van der Waals surface area contributed by atoms with Crippen LogP contribution in [-0.2, 0) is 9.59 Å². The van der Waals surface area contributed by atoms with Crippen LogP contribution in [-0.4, -0.2) is 34.3 Å². The minimum Gasteiger partial charge on any atom is -0.327 e. The van der Waals surface area contributed by atoms with Gasteiger partial charge in [0.2, 0.25) is 11.8 Å². The molecule has 2 heterocycles. The Morgan fingerprint density at radius 1 is 1.23 bits per heavy atom. The Kier molecular flexibility index (Phi) is 5.52. The van der Waals surface area contributed by atoms with Gasteiger partial charge in [0.15, 0.2) is 5.13 Å². The Labute approximate surface area is 157 Å². The fourth-order valence-corrected chi connectivity index (χ4v) is 3.73. The van der Waals surface area contributed by atoms with E-state index in [0.29, 0.717) is 18.1 Å². The molecule has 136 valence electrons. The Bertz CT molecular complexity index is 843. The number of likely N-dealkylation sites (tertiary alicyclic amines) is 1. The Morgan fingerprint density at radius 3 is 2.73 bits per heavy atom. The van der Waals surface area contributed by atoms with E-state index in [9.17, 15) is 9.59 Å². The number of anilines is 1. The maximum atomic E-state index is 12.6. The molecule has 3 rings (SSSR count). The third kappa shape index (κ3) is 4.02. The monoisotopic (exact) mass is 369 g/mol. The van der Waals surface area contributed by atoms with Gasteiger partial charge in [0.25, 0.3) is 0 Å². The molecule has 1 aliphatic rings. The van der Waals surface area contributed by atoms with Crippen LogP contribution in [0.5, 0.6) is 0 Å². The fraction of sp³-hybridized carbons (Fsp3) is 0.350. The molecule has 1 fully saturated rings. The van der Waals surface area contributed by atoms with Gasteiger partial charge >= 0.3 is 0 Å². The van der Waals surface area contributed by atoms with Crippen molar-refractivity contribution in [2.75, 3.05) is 11.9 Å². The van der Waals surface area contributed by atoms with Crippen LogP contribution in [0.4, 0.5) is 5.13 Å². The third-order valence-electron chi connectivity index (χ3n) is 4.79. The van der Waals surface area contributed by atoms with Gasteiger partial charge in [-0.15, -0.1) is 11.3 Å². The van der Waals surface area contributed by atoms with Crippen molar-refractivity contribution in [3.05, 3.63) is 52.0 Å². The number of rotatable bonds is 4. The molecule has 1 unspecified atom stereocenters. The van der Waals surface area contributed by atoms with E-state index in [1.807, 2.05) is 18.4 Å². The first-order valence-corrected chi connectivity index (χ1v) is 9.60. The highest BCUT2D eigenvalue weighted by atomic mass is 32.1. The standard InChI is InChI=1S/C20H23N3O2S/c1-13-11-15(3)16(12-14(13)2)6-7-18(24)23-9-4-5-17(23)19(25)22-20-21-8-10-26-20/h6-8,10-12,17H,4-5,9H2,1-3H3,(H,21,22,25)/b7-6+. The lowest BCUT2D eigenvalue weighted by Gasteiger charge is -2.22. The molecule has 1 aliphatic heterocycles. The number of carbonyl (C=O) groups is 2. The lowest BCUT2D eigenvalue weighted by atomic mass is 10.0. The predicted octanol–water partition coefficient (Wildman–Crippen LogP) is 3.71. The highest BCUT2D eigenvalue weighted by Gasteiger charge is 2.33. The van der Waals surface area contributed by atoms with Crippen LogP contribution in [0.3, 0.4) is 0 Å². The summed E-state index contributed by atoms with van der Waals surface area (Å²) in [4.78, 5) is 30.8. The quantitative estimate of drug-likeness (QED) is 0.836. The van der Waals surface area contributed by atoms with Crippen LogP contribution in [0.2, 0.25) is 0 Å². The first-order chi connectivity index (χ1) is 12.5. The molecule has 2 amide bonds. The van der Waals surface area contributed by atoms with E-state index in [1.165, 1.54) is 22.5 Å². The van der Waals surface area contributed by atoms with Crippen molar-refractivity contribution in [1.82, 2.24) is 9.88 Å². The first kappa shape index (κ1) is 18.3. The van der Waals surface area contributed by atoms with Gasteiger partial charge in [-0.05, 0) is 61.9 Å². The molecule has 6 heteroatoms. The summed E-state index contributed by atoms with van der Waals surface area (Å²) >= 11 is 1.37. The molecule has 1 saturated heterocycles. The molecular formula is C20H23N3O2S. The third-order valence-corrected chi connectivity index (χ3v) is 5.48. The van der Waals surface area contributed by atoms with Gasteiger partial charge in [0, 0.05) is 24.2 Å². The van der Waals surface area contributed by atoms with Crippen LogP contribution >= 0.6 is 11.3 Å². The van der Waals surface area contributed by atoms with Gasteiger partial charge in [-0.2, -0.15) is 0 Å². The molecule has 1 aromatic carbocycles. The average Bonchev–Trinajstić information content (AvgIpc) is 3.28. The van der Waals surface area contributed by atoms with Crippen molar-refractivity contribution in [1.29, 1.82) is 0 Å². The van der Waals surface area contributed by atoms with Crippen molar-refractivity contribution in [3.63, 3.8) is 0 Å². The average molecular weight is 369 g/mol. The normalized spacial score (nSPS) is 17.0. The number of nitrogens with one attached hydrogen (secondary N) is 1. The second-order valence-corrected chi connectivity index (χ2v) is 7.54. The zero-order chi connectivity index (χ0) is 18.7. The number of aromatic nitrogens is 1. The molecule has 0 aliphatic carbocycles. The molecule has 1 N–H and O–H groups in total. The summed E-state index contributed by atoms with van der Waals surface area (Å²) in [5, 5.41) is 5.17. The topological polar surface area (TPSA) is 62.3 Å². The van der Waals surface area contributed by atoms with E-state index >= 15 is 0 Å². The van der Waals surface area contributed by atoms with Crippen molar-refractivity contribution < 1.29 is 9.59 Å². The molecule has 0 radical (unpaired) electrons. The van der Waals surface area contributed by atoms with Crippen LogP contribution < -0.4 is 5.32 Å². The smallest absolute Gasteiger partial charge is 0.248 e. The largest absolute Gasteiger partial charge is 0.327 e. The Hall–Kier alpha value is -2.47. The molecular weight excluding hydrogens is 346 g/mol. The lowest BCUT2D eigenvalue weighted by molar-refractivity contribution is -0.132. The maximum absolute atomic E-state index is 12.6. The van der Waals surface area contributed by atoms with Crippen molar-refractivity contribution in [2.24, 2.45) is 0 Å². The van der Waals surface area contributed by atoms with E-state index in [-0.39, 0.29) is 11.8 Å². The SMILES string of the molecule is Cc1cc(C)c(/C=C/C(=O)N2CCCC2C(=O)Nc2nccs2)cc1C. The summed E-state index contributed by atoms with van der Waals surface area (Å²) in [6.45, 7) is 6.78. The number of carbonyl (C=O) groups excluding carboxylic acids is 2. The van der Waals surface area contributed by atoms with Gasteiger partial charge in [-0.3, -0.25) is 9.59 Å². The lowest BCUT2D eigenvalue weighted by Crippen LogP contribution is -2.42. The summed E-state index contributed by atoms with van der Waals surface area (Å²) in [6.07, 6.45) is 6.58.